The first-order valence-corrected chi connectivity index (χ1v) is 4.38. The van der Waals surface area contributed by atoms with Crippen molar-refractivity contribution in [3.63, 3.8) is 0 Å². The summed E-state index contributed by atoms with van der Waals surface area (Å²) in [6.45, 7) is 3.59. The van der Waals surface area contributed by atoms with Crippen molar-refractivity contribution in [2.24, 2.45) is 5.11 Å². The lowest BCUT2D eigenvalue weighted by atomic mass is 10.1. The highest BCUT2D eigenvalue weighted by atomic mass is 16.4. The molecule has 0 amide bonds. The molecule has 1 rings (SSSR count). The molecule has 16 heavy (non-hydrogen) atoms. The van der Waals surface area contributed by atoms with Crippen LogP contribution in [-0.2, 0) is 4.79 Å². The molecule has 1 aromatic rings. The molecule has 0 aromatic heterocycles. The second-order valence-corrected chi connectivity index (χ2v) is 2.86. The van der Waals surface area contributed by atoms with Crippen LogP contribution in [0.25, 0.3) is 22.6 Å². The quantitative estimate of drug-likeness (QED) is 0.332. The predicted molar refractivity (Wildman–Crippen MR) is 59.4 cm³/mol. The number of carbonyl (C=O) groups is 1. The van der Waals surface area contributed by atoms with Crippen LogP contribution in [0, 0.1) is 0 Å². The van der Waals surface area contributed by atoms with Crippen LogP contribution in [0.1, 0.15) is 11.1 Å². The highest BCUT2D eigenvalue weighted by molar-refractivity contribution is 5.85. The minimum Gasteiger partial charge on any atom is -0.545 e. The smallest absolute Gasteiger partial charge is 0.0643 e. The molecule has 0 unspecified atom stereocenters. The first-order chi connectivity index (χ1) is 7.67. The zero-order valence-corrected chi connectivity index (χ0v) is 8.33. The highest BCUT2D eigenvalue weighted by Gasteiger charge is 1.97. The maximum Gasteiger partial charge on any atom is 0.0643 e. The van der Waals surface area contributed by atoms with Gasteiger partial charge in [-0.1, -0.05) is 36.0 Å². The Morgan fingerprint density at radius 1 is 1.50 bits per heavy atom. The summed E-state index contributed by atoms with van der Waals surface area (Å²) in [4.78, 5) is 12.9. The van der Waals surface area contributed by atoms with E-state index < -0.39 is 5.97 Å². The number of carbonyl (C=O) groups excluding carboxylic acids is 1. The van der Waals surface area contributed by atoms with Crippen molar-refractivity contribution >= 4 is 23.8 Å². The maximum atomic E-state index is 10.3. The van der Waals surface area contributed by atoms with Gasteiger partial charge in [-0.2, -0.15) is 0 Å². The number of azide groups is 1. The molecule has 0 saturated heterocycles. The summed E-state index contributed by atoms with van der Waals surface area (Å²) in [5, 5.41) is 13.7. The van der Waals surface area contributed by atoms with E-state index in [0.717, 1.165) is 6.08 Å². The van der Waals surface area contributed by atoms with Gasteiger partial charge >= 0.3 is 0 Å². The summed E-state index contributed by atoms with van der Waals surface area (Å²) in [5.41, 5.74) is 10.1. The van der Waals surface area contributed by atoms with E-state index in [1.807, 2.05) is 0 Å². The van der Waals surface area contributed by atoms with E-state index >= 15 is 0 Å². The Kier molecular flexibility index (Phi) is 3.89. The average Bonchev–Trinajstić information content (AvgIpc) is 2.27. The number of benzene rings is 1. The summed E-state index contributed by atoms with van der Waals surface area (Å²) >= 11 is 0. The van der Waals surface area contributed by atoms with Gasteiger partial charge in [0.15, 0.2) is 0 Å². The van der Waals surface area contributed by atoms with Gasteiger partial charge in [-0.15, -0.1) is 0 Å². The number of hydrogen-bond acceptors (Lipinski definition) is 3. The van der Waals surface area contributed by atoms with Crippen LogP contribution >= 0.6 is 0 Å². The third-order valence-corrected chi connectivity index (χ3v) is 1.85. The molecule has 0 spiro atoms. The standard InChI is InChI=1S/C11H9N3O2/c1-2-8-7-10(13-14-12)5-3-9(8)4-6-11(15)16/h2-7H,1H2,(H,15,16)/p-1/b6-4+. The predicted octanol–water partition coefficient (Wildman–Crippen LogP) is 2.03. The first-order valence-electron chi connectivity index (χ1n) is 4.38. The minimum absolute atomic E-state index is 0.447. The third-order valence-electron chi connectivity index (χ3n) is 1.85. The molecule has 5 nitrogen and oxygen atoms in total. The Morgan fingerprint density at radius 3 is 2.81 bits per heavy atom. The van der Waals surface area contributed by atoms with Crippen LogP contribution in [0.2, 0.25) is 0 Å². The van der Waals surface area contributed by atoms with E-state index in [9.17, 15) is 9.90 Å². The Morgan fingerprint density at radius 2 is 2.25 bits per heavy atom. The van der Waals surface area contributed by atoms with Crippen molar-refractivity contribution in [2.45, 2.75) is 0 Å². The molecule has 1 aromatic carbocycles. The van der Waals surface area contributed by atoms with Gasteiger partial charge in [-0.05, 0) is 28.8 Å². The molecular weight excluding hydrogens is 206 g/mol. The first kappa shape index (κ1) is 11.6. The van der Waals surface area contributed by atoms with Crippen LogP contribution < -0.4 is 5.11 Å². The van der Waals surface area contributed by atoms with Crippen LogP contribution in [0.5, 0.6) is 0 Å². The summed E-state index contributed by atoms with van der Waals surface area (Å²) in [6.07, 6.45) is 3.87. The zero-order valence-electron chi connectivity index (χ0n) is 8.33. The minimum atomic E-state index is -1.27. The lowest BCUT2D eigenvalue weighted by molar-refractivity contribution is -0.297. The number of hydrogen-bond donors (Lipinski definition) is 0. The number of nitrogens with zero attached hydrogens (tertiary/aromatic N) is 3. The summed E-state index contributed by atoms with van der Waals surface area (Å²) < 4.78 is 0. The van der Waals surface area contributed by atoms with E-state index in [0.29, 0.717) is 16.8 Å². The van der Waals surface area contributed by atoms with Crippen molar-refractivity contribution in [3.8, 4) is 0 Å². The van der Waals surface area contributed by atoms with Gasteiger partial charge in [0.2, 0.25) is 0 Å². The summed E-state index contributed by atoms with van der Waals surface area (Å²) in [5.74, 6) is -1.27. The van der Waals surface area contributed by atoms with Gasteiger partial charge in [0, 0.05) is 10.6 Å². The number of carboxylic acids is 1. The topological polar surface area (TPSA) is 88.9 Å². The Hall–Kier alpha value is -2.52. The highest BCUT2D eigenvalue weighted by Crippen LogP contribution is 2.20. The number of carboxylic acid groups (broad SMARTS) is 1. The van der Waals surface area contributed by atoms with E-state index in [1.165, 1.54) is 6.08 Å². The molecule has 0 N–H and O–H groups in total. The summed E-state index contributed by atoms with van der Waals surface area (Å²) in [6, 6.07) is 4.84. The fraction of sp³-hybridized carbons (Fsp3) is 0. The molecule has 0 saturated carbocycles. The molecule has 0 atom stereocenters. The largest absolute Gasteiger partial charge is 0.545 e. The monoisotopic (exact) mass is 214 g/mol. The summed E-state index contributed by atoms with van der Waals surface area (Å²) in [7, 11) is 0. The zero-order chi connectivity index (χ0) is 12.0. The molecule has 0 heterocycles. The molecule has 0 radical (unpaired) electrons. The molecule has 5 heteroatoms. The van der Waals surface area contributed by atoms with Crippen LogP contribution in [0.3, 0.4) is 0 Å². The van der Waals surface area contributed by atoms with Gasteiger partial charge < -0.3 is 9.90 Å². The lowest BCUT2D eigenvalue weighted by Crippen LogP contribution is -2.18. The van der Waals surface area contributed by atoms with Crippen LogP contribution in [0.4, 0.5) is 5.69 Å². The molecule has 0 fully saturated rings. The van der Waals surface area contributed by atoms with E-state index in [2.05, 4.69) is 16.6 Å². The lowest BCUT2D eigenvalue weighted by Gasteiger charge is -2.02. The molecule has 80 valence electrons. The normalized spacial score (nSPS) is 9.75. The van der Waals surface area contributed by atoms with Crippen molar-refractivity contribution < 1.29 is 9.90 Å². The molecule has 0 aliphatic rings. The molecule has 0 aliphatic carbocycles. The second-order valence-electron chi connectivity index (χ2n) is 2.86. The van der Waals surface area contributed by atoms with E-state index in [4.69, 9.17) is 5.53 Å². The van der Waals surface area contributed by atoms with Crippen LogP contribution in [-0.4, -0.2) is 5.97 Å². The van der Waals surface area contributed by atoms with Crippen molar-refractivity contribution in [2.75, 3.05) is 0 Å². The number of rotatable bonds is 4. The van der Waals surface area contributed by atoms with Gasteiger partial charge in [-0.25, -0.2) is 0 Å². The molecular formula is C11H8N3O2-. The Bertz CT molecular complexity index is 500. The second kappa shape index (κ2) is 5.38. The third kappa shape index (κ3) is 3.01. The Labute approximate surface area is 92.0 Å². The van der Waals surface area contributed by atoms with Crippen molar-refractivity contribution in [3.05, 3.63) is 52.4 Å². The van der Waals surface area contributed by atoms with Crippen molar-refractivity contribution in [1.82, 2.24) is 0 Å². The van der Waals surface area contributed by atoms with E-state index in [1.54, 1.807) is 24.3 Å². The average molecular weight is 214 g/mol. The molecule has 0 aliphatic heterocycles. The van der Waals surface area contributed by atoms with Crippen LogP contribution in [0.15, 0.2) is 36.0 Å². The maximum absolute atomic E-state index is 10.3. The molecule has 0 bridgehead atoms. The van der Waals surface area contributed by atoms with Crippen molar-refractivity contribution in [1.29, 1.82) is 0 Å². The number of aliphatic carboxylic acids is 1. The van der Waals surface area contributed by atoms with Gasteiger partial charge in [0.05, 0.1) is 5.97 Å². The van der Waals surface area contributed by atoms with Gasteiger partial charge in [0.1, 0.15) is 0 Å². The fourth-order valence-corrected chi connectivity index (χ4v) is 1.16. The van der Waals surface area contributed by atoms with Gasteiger partial charge in [0.25, 0.3) is 0 Å². The van der Waals surface area contributed by atoms with E-state index in [-0.39, 0.29) is 0 Å². The SMILES string of the molecule is C=Cc1cc(N=[N+]=[N-])ccc1/C=C/C(=O)[O-]. The van der Waals surface area contributed by atoms with Gasteiger partial charge in [-0.3, -0.25) is 0 Å². The Balaban J connectivity index is 3.16. The fourth-order valence-electron chi connectivity index (χ4n) is 1.16.